The van der Waals surface area contributed by atoms with E-state index >= 15 is 0 Å². The first kappa shape index (κ1) is 9.14. The van der Waals surface area contributed by atoms with Crippen LogP contribution in [0.25, 0.3) is 5.76 Å². The van der Waals surface area contributed by atoms with Crippen molar-refractivity contribution in [2.45, 2.75) is 6.92 Å². The Morgan fingerprint density at radius 1 is 1.42 bits per heavy atom. The van der Waals surface area contributed by atoms with E-state index in [9.17, 15) is 0 Å². The molecular formula is C10H11ClO. The highest BCUT2D eigenvalue weighted by Gasteiger charge is 1.98. The summed E-state index contributed by atoms with van der Waals surface area (Å²) in [6.45, 7) is 2.57. The van der Waals surface area contributed by atoms with Gasteiger partial charge in [0.1, 0.15) is 5.76 Å². The predicted molar refractivity (Wildman–Crippen MR) is 51.9 cm³/mol. The second-order valence-corrected chi connectivity index (χ2v) is 2.49. The minimum Gasteiger partial charge on any atom is -0.492 e. The second-order valence-electron chi connectivity index (χ2n) is 2.27. The van der Waals surface area contributed by atoms with Crippen LogP contribution in [-0.2, 0) is 4.74 Å². The first-order valence-electron chi connectivity index (χ1n) is 3.87. The summed E-state index contributed by atoms with van der Waals surface area (Å²) in [5.41, 5.74) is 2.47. The van der Waals surface area contributed by atoms with Gasteiger partial charge in [-0.1, -0.05) is 41.9 Å². The molecule has 0 bridgehead atoms. The topological polar surface area (TPSA) is 9.23 Å². The van der Waals surface area contributed by atoms with Crippen LogP contribution in [0.1, 0.15) is 12.5 Å². The lowest BCUT2D eigenvalue weighted by atomic mass is 10.2. The maximum absolute atomic E-state index is 5.59. The van der Waals surface area contributed by atoms with Gasteiger partial charge in [-0.3, -0.25) is 0 Å². The van der Waals surface area contributed by atoms with E-state index in [1.807, 2.05) is 37.3 Å². The third-order valence-electron chi connectivity index (χ3n) is 1.46. The summed E-state index contributed by atoms with van der Waals surface area (Å²) >= 11 is 5.59. The van der Waals surface area contributed by atoms with E-state index < -0.39 is 0 Å². The highest BCUT2D eigenvalue weighted by Crippen LogP contribution is 2.15. The molecule has 0 radical (unpaired) electrons. The fourth-order valence-electron chi connectivity index (χ4n) is 0.936. The molecule has 0 N–H and O–H groups in total. The van der Waals surface area contributed by atoms with E-state index in [1.165, 1.54) is 5.54 Å². The van der Waals surface area contributed by atoms with Crippen LogP contribution in [0.5, 0.6) is 0 Å². The van der Waals surface area contributed by atoms with Crippen LogP contribution in [0.2, 0.25) is 0 Å². The molecule has 2 heteroatoms. The summed E-state index contributed by atoms with van der Waals surface area (Å²) in [5, 5.41) is 0. The van der Waals surface area contributed by atoms with Crippen molar-refractivity contribution in [1.29, 1.82) is 0 Å². The maximum Gasteiger partial charge on any atom is 0.137 e. The normalized spacial score (nSPS) is 11.3. The van der Waals surface area contributed by atoms with Crippen molar-refractivity contribution in [2.75, 3.05) is 6.61 Å². The lowest BCUT2D eigenvalue weighted by molar-refractivity contribution is 0.298. The summed E-state index contributed by atoms with van der Waals surface area (Å²) < 4.78 is 5.31. The van der Waals surface area contributed by atoms with Gasteiger partial charge in [0.25, 0.3) is 0 Å². The molecule has 0 unspecified atom stereocenters. The zero-order valence-corrected chi connectivity index (χ0v) is 7.71. The minimum atomic E-state index is 0.632. The molecule has 1 aromatic carbocycles. The molecule has 12 heavy (non-hydrogen) atoms. The number of halogens is 1. The van der Waals surface area contributed by atoms with Gasteiger partial charge in [-0.25, -0.2) is 0 Å². The maximum atomic E-state index is 5.59. The lowest BCUT2D eigenvalue weighted by Gasteiger charge is -2.06. The molecule has 0 atom stereocenters. The van der Waals surface area contributed by atoms with Crippen LogP contribution in [0, 0.1) is 0 Å². The Bertz CT molecular complexity index is 254. The van der Waals surface area contributed by atoms with E-state index in [-0.39, 0.29) is 0 Å². The molecule has 0 aliphatic carbocycles. The van der Waals surface area contributed by atoms with Crippen LogP contribution >= 0.6 is 11.6 Å². The van der Waals surface area contributed by atoms with Crippen LogP contribution in [0.15, 0.2) is 35.9 Å². The molecule has 0 amide bonds. The zero-order chi connectivity index (χ0) is 8.81. The molecule has 1 rings (SSSR count). The van der Waals surface area contributed by atoms with Gasteiger partial charge in [0.05, 0.1) is 6.61 Å². The third kappa shape index (κ3) is 2.28. The monoisotopic (exact) mass is 182 g/mol. The highest BCUT2D eigenvalue weighted by atomic mass is 35.5. The quantitative estimate of drug-likeness (QED) is 0.652. The molecule has 0 fully saturated rings. The van der Waals surface area contributed by atoms with Gasteiger partial charge >= 0.3 is 0 Å². The number of hydrogen-bond acceptors (Lipinski definition) is 1. The molecule has 0 aliphatic heterocycles. The average molecular weight is 183 g/mol. The van der Waals surface area contributed by atoms with Crippen molar-refractivity contribution in [3.05, 3.63) is 41.4 Å². The van der Waals surface area contributed by atoms with E-state index in [0.717, 1.165) is 11.3 Å². The third-order valence-corrected chi connectivity index (χ3v) is 1.66. The van der Waals surface area contributed by atoms with E-state index in [1.54, 1.807) is 0 Å². The zero-order valence-electron chi connectivity index (χ0n) is 6.96. The molecule has 0 aromatic heterocycles. The number of benzene rings is 1. The summed E-state index contributed by atoms with van der Waals surface area (Å²) in [4.78, 5) is 0. The Labute approximate surface area is 77.6 Å². The molecule has 1 nitrogen and oxygen atoms in total. The predicted octanol–water partition coefficient (Wildman–Crippen LogP) is 3.26. The number of hydrogen-bond donors (Lipinski definition) is 0. The smallest absolute Gasteiger partial charge is 0.137 e. The largest absolute Gasteiger partial charge is 0.492 e. The van der Waals surface area contributed by atoms with Gasteiger partial charge in [-0.15, -0.1) is 0 Å². The van der Waals surface area contributed by atoms with E-state index in [4.69, 9.17) is 16.3 Å². The first-order chi connectivity index (χ1) is 5.88. The highest BCUT2D eigenvalue weighted by molar-refractivity contribution is 6.27. The van der Waals surface area contributed by atoms with Crippen LogP contribution in [0.4, 0.5) is 0 Å². The molecule has 0 saturated heterocycles. The average Bonchev–Trinajstić information content (AvgIpc) is 2.15. The first-order valence-corrected chi connectivity index (χ1v) is 4.30. The molecule has 0 saturated carbocycles. The van der Waals surface area contributed by atoms with Crippen LogP contribution in [-0.4, -0.2) is 6.61 Å². The summed E-state index contributed by atoms with van der Waals surface area (Å²) in [7, 11) is 0. The minimum absolute atomic E-state index is 0.632. The van der Waals surface area contributed by atoms with Gasteiger partial charge in [0.15, 0.2) is 0 Å². The summed E-state index contributed by atoms with van der Waals surface area (Å²) in [6, 6.07) is 9.79. The second kappa shape index (κ2) is 4.83. The van der Waals surface area contributed by atoms with Crippen molar-refractivity contribution in [3.63, 3.8) is 0 Å². The Hall–Kier alpha value is -0.950. The molecule has 1 aromatic rings. The fraction of sp³-hybridized carbons (Fsp3) is 0.200. The van der Waals surface area contributed by atoms with Crippen LogP contribution < -0.4 is 0 Å². The number of ether oxygens (including phenoxy) is 1. The van der Waals surface area contributed by atoms with E-state index in [2.05, 4.69) is 0 Å². The van der Waals surface area contributed by atoms with Crippen molar-refractivity contribution in [2.24, 2.45) is 0 Å². The molecule has 64 valence electrons. The Morgan fingerprint density at radius 3 is 2.58 bits per heavy atom. The SMILES string of the molecule is CCO/C(=C/Cl)c1ccccc1. The number of rotatable bonds is 3. The summed E-state index contributed by atoms with van der Waals surface area (Å²) in [5.74, 6) is 0.722. The van der Waals surface area contributed by atoms with Crippen molar-refractivity contribution in [3.8, 4) is 0 Å². The Balaban J connectivity index is 2.82. The molecular weight excluding hydrogens is 172 g/mol. The Kier molecular flexibility index (Phi) is 3.68. The standard InChI is InChI=1S/C10H11ClO/c1-2-12-10(8-11)9-6-4-3-5-7-9/h3-8H,2H2,1H3/b10-8+. The van der Waals surface area contributed by atoms with Gasteiger partial charge in [0, 0.05) is 11.1 Å². The molecule has 0 spiro atoms. The molecule has 0 heterocycles. The lowest BCUT2D eigenvalue weighted by Crippen LogP contribution is -1.89. The van der Waals surface area contributed by atoms with Crippen molar-refractivity contribution in [1.82, 2.24) is 0 Å². The summed E-state index contributed by atoms with van der Waals surface area (Å²) in [6.07, 6.45) is 0. The van der Waals surface area contributed by atoms with Gasteiger partial charge < -0.3 is 4.74 Å². The van der Waals surface area contributed by atoms with Gasteiger partial charge in [-0.05, 0) is 6.92 Å². The van der Waals surface area contributed by atoms with Gasteiger partial charge in [-0.2, -0.15) is 0 Å². The van der Waals surface area contributed by atoms with Crippen LogP contribution in [0.3, 0.4) is 0 Å². The van der Waals surface area contributed by atoms with Crippen molar-refractivity contribution >= 4 is 17.4 Å². The van der Waals surface area contributed by atoms with E-state index in [0.29, 0.717) is 6.61 Å². The van der Waals surface area contributed by atoms with Gasteiger partial charge in [0.2, 0.25) is 0 Å². The molecule has 0 aliphatic rings. The Morgan fingerprint density at radius 2 is 2.08 bits per heavy atom. The fourth-order valence-corrected chi connectivity index (χ4v) is 1.12. The van der Waals surface area contributed by atoms with Crippen molar-refractivity contribution < 1.29 is 4.74 Å².